The molecule has 0 unspecified atom stereocenters. The summed E-state index contributed by atoms with van der Waals surface area (Å²) in [6.45, 7) is 13.0. The molecule has 1 heterocycles. The van der Waals surface area contributed by atoms with Gasteiger partial charge in [0.05, 0.1) is 49.3 Å². The van der Waals surface area contributed by atoms with E-state index in [2.05, 4.69) is 20.8 Å². The molecule has 1 saturated carbocycles. The molecule has 29 heavy (non-hydrogen) atoms. The Morgan fingerprint density at radius 2 is 1.45 bits per heavy atom. The summed E-state index contributed by atoms with van der Waals surface area (Å²) >= 11 is 0. The Labute approximate surface area is 175 Å². The molecule has 2 fully saturated rings. The zero-order valence-corrected chi connectivity index (χ0v) is 19.1. The molecule has 0 atom stereocenters. The van der Waals surface area contributed by atoms with E-state index < -0.39 is 12.5 Å². The van der Waals surface area contributed by atoms with E-state index in [1.165, 1.54) is 0 Å². The third-order valence-corrected chi connectivity index (χ3v) is 5.02. The number of likely N-dealkylation sites (tertiary alicyclic amines) is 1. The fourth-order valence-electron chi connectivity index (χ4n) is 3.70. The molecular formula is C22H41F2NO4. The molecule has 0 amide bonds. The summed E-state index contributed by atoms with van der Waals surface area (Å²) in [7, 11) is 0. The van der Waals surface area contributed by atoms with Gasteiger partial charge in [0.25, 0.3) is 5.92 Å². The minimum atomic E-state index is -2.85. The van der Waals surface area contributed by atoms with Gasteiger partial charge in [-0.3, -0.25) is 4.90 Å². The molecule has 0 aromatic rings. The lowest BCUT2D eigenvalue weighted by Crippen LogP contribution is -2.48. The first kappa shape index (κ1) is 24.9. The summed E-state index contributed by atoms with van der Waals surface area (Å²) in [6, 6.07) is 0. The molecule has 5 nitrogen and oxygen atoms in total. The summed E-state index contributed by atoms with van der Waals surface area (Å²) in [5, 5.41) is 0. The highest BCUT2D eigenvalue weighted by Crippen LogP contribution is 2.32. The molecule has 172 valence electrons. The van der Waals surface area contributed by atoms with E-state index >= 15 is 0 Å². The number of alkyl halides is 2. The van der Waals surface area contributed by atoms with Crippen molar-refractivity contribution in [2.24, 2.45) is 0 Å². The lowest BCUT2D eigenvalue weighted by atomic mass is 9.90. The second-order valence-corrected chi connectivity index (χ2v) is 10.4. The van der Waals surface area contributed by atoms with Gasteiger partial charge >= 0.3 is 0 Å². The van der Waals surface area contributed by atoms with Crippen LogP contribution in [0.25, 0.3) is 0 Å². The van der Waals surface area contributed by atoms with E-state index in [-0.39, 0.29) is 42.7 Å². The minimum Gasteiger partial charge on any atom is -0.375 e. The Balaban J connectivity index is 1.56. The van der Waals surface area contributed by atoms with Crippen LogP contribution in [0.15, 0.2) is 0 Å². The molecular weight excluding hydrogens is 380 g/mol. The fourth-order valence-corrected chi connectivity index (χ4v) is 3.70. The molecule has 1 aliphatic heterocycles. The average molecular weight is 422 g/mol. The van der Waals surface area contributed by atoms with E-state index in [9.17, 15) is 8.78 Å². The average Bonchev–Trinajstić information content (AvgIpc) is 2.51. The fraction of sp³-hybridized carbons (Fsp3) is 1.00. The summed E-state index contributed by atoms with van der Waals surface area (Å²) in [5.74, 6) is -2.85. The van der Waals surface area contributed by atoms with Crippen LogP contribution in [0.2, 0.25) is 0 Å². The van der Waals surface area contributed by atoms with Gasteiger partial charge in [-0.1, -0.05) is 0 Å². The lowest BCUT2D eigenvalue weighted by Gasteiger charge is -2.42. The van der Waals surface area contributed by atoms with Crippen LogP contribution in [0.3, 0.4) is 0 Å². The predicted molar refractivity (Wildman–Crippen MR) is 110 cm³/mol. The number of nitrogens with zero attached hydrogens (tertiary/aromatic N) is 1. The quantitative estimate of drug-likeness (QED) is 0.493. The van der Waals surface area contributed by atoms with Gasteiger partial charge in [0, 0.05) is 13.1 Å². The van der Waals surface area contributed by atoms with Crippen LogP contribution in [0, 0.1) is 0 Å². The Morgan fingerprint density at radius 3 is 2.00 bits per heavy atom. The first-order valence-electron chi connectivity index (χ1n) is 11.0. The maximum absolute atomic E-state index is 14.2. The zero-order chi connectivity index (χ0) is 21.7. The molecule has 0 radical (unpaired) electrons. The molecule has 0 N–H and O–H groups in total. The number of piperidine rings is 1. The lowest BCUT2D eigenvalue weighted by molar-refractivity contribution is -0.170. The van der Waals surface area contributed by atoms with Crippen molar-refractivity contribution < 1.29 is 27.7 Å². The van der Waals surface area contributed by atoms with Gasteiger partial charge in [0.2, 0.25) is 0 Å². The third kappa shape index (κ3) is 10.5. The van der Waals surface area contributed by atoms with Gasteiger partial charge in [-0.2, -0.15) is 0 Å². The number of rotatable bonds is 10. The largest absolute Gasteiger partial charge is 0.375 e. The summed E-state index contributed by atoms with van der Waals surface area (Å²) < 4.78 is 51.0. The monoisotopic (exact) mass is 421 g/mol. The maximum atomic E-state index is 14.2. The van der Waals surface area contributed by atoms with Crippen LogP contribution in [0.1, 0.15) is 67.2 Å². The minimum absolute atomic E-state index is 0.116. The molecule has 0 aromatic heterocycles. The van der Waals surface area contributed by atoms with Crippen molar-refractivity contribution in [2.45, 2.75) is 103 Å². The topological polar surface area (TPSA) is 40.2 Å². The van der Waals surface area contributed by atoms with Gasteiger partial charge in [0.1, 0.15) is 6.61 Å². The van der Waals surface area contributed by atoms with E-state index in [0.717, 1.165) is 25.7 Å². The number of ether oxygens (including phenoxy) is 4. The highest BCUT2D eigenvalue weighted by atomic mass is 19.3. The standard InChI is InChI=1S/C22H41F2NO4/c1-20(2,3)27-12-11-26-16-22(23,24)15-25-9-7-17(8-10-25)28-18-13-19(14-18)29-21(4,5)6/h17-19H,7-16H2,1-6H3. The Morgan fingerprint density at radius 1 is 0.828 bits per heavy atom. The molecule has 0 bridgehead atoms. The van der Waals surface area contributed by atoms with Crippen molar-refractivity contribution in [3.8, 4) is 0 Å². The van der Waals surface area contributed by atoms with Crippen LogP contribution < -0.4 is 0 Å². The van der Waals surface area contributed by atoms with E-state index in [0.29, 0.717) is 19.7 Å². The number of hydrogen-bond acceptors (Lipinski definition) is 5. The normalized spacial score (nSPS) is 25.2. The molecule has 1 aliphatic carbocycles. The van der Waals surface area contributed by atoms with Gasteiger partial charge in [-0.15, -0.1) is 0 Å². The van der Waals surface area contributed by atoms with Crippen molar-refractivity contribution in [3.05, 3.63) is 0 Å². The van der Waals surface area contributed by atoms with E-state index in [4.69, 9.17) is 18.9 Å². The van der Waals surface area contributed by atoms with Crippen LogP contribution >= 0.6 is 0 Å². The summed E-state index contributed by atoms with van der Waals surface area (Å²) in [4.78, 5) is 1.82. The Hall–Kier alpha value is -0.340. The molecule has 2 rings (SSSR count). The predicted octanol–water partition coefficient (Wildman–Crippen LogP) is 4.28. The van der Waals surface area contributed by atoms with Crippen LogP contribution in [0.4, 0.5) is 8.78 Å². The Kier molecular flexibility index (Phi) is 8.86. The molecule has 7 heteroatoms. The number of halogens is 2. The SMILES string of the molecule is CC(C)(C)OCCOCC(F)(F)CN1CCC(OC2CC(OC(C)(C)C)C2)CC1. The zero-order valence-electron chi connectivity index (χ0n) is 19.1. The van der Waals surface area contributed by atoms with Crippen LogP contribution in [-0.4, -0.2) is 79.8 Å². The number of hydrogen-bond donors (Lipinski definition) is 0. The molecule has 0 aromatic carbocycles. The molecule has 1 saturated heterocycles. The Bertz CT molecular complexity index is 476. The highest BCUT2D eigenvalue weighted by Gasteiger charge is 2.37. The second-order valence-electron chi connectivity index (χ2n) is 10.4. The smallest absolute Gasteiger partial charge is 0.283 e. The summed E-state index contributed by atoms with van der Waals surface area (Å²) in [6.07, 6.45) is 4.19. The highest BCUT2D eigenvalue weighted by molar-refractivity contribution is 4.86. The van der Waals surface area contributed by atoms with Crippen molar-refractivity contribution in [1.82, 2.24) is 4.90 Å². The van der Waals surface area contributed by atoms with Gasteiger partial charge < -0.3 is 18.9 Å². The first-order valence-corrected chi connectivity index (χ1v) is 11.0. The van der Waals surface area contributed by atoms with Crippen LogP contribution in [-0.2, 0) is 18.9 Å². The molecule has 0 spiro atoms. The van der Waals surface area contributed by atoms with E-state index in [1.54, 1.807) is 0 Å². The van der Waals surface area contributed by atoms with Crippen molar-refractivity contribution in [2.75, 3.05) is 39.5 Å². The van der Waals surface area contributed by atoms with Crippen molar-refractivity contribution in [3.63, 3.8) is 0 Å². The van der Waals surface area contributed by atoms with Gasteiger partial charge in [-0.25, -0.2) is 8.78 Å². The third-order valence-electron chi connectivity index (χ3n) is 5.02. The molecule has 2 aliphatic rings. The first-order chi connectivity index (χ1) is 13.3. The van der Waals surface area contributed by atoms with E-state index in [1.807, 2.05) is 25.7 Å². The summed E-state index contributed by atoms with van der Waals surface area (Å²) in [5.41, 5.74) is -0.395. The van der Waals surface area contributed by atoms with Crippen molar-refractivity contribution in [1.29, 1.82) is 0 Å². The van der Waals surface area contributed by atoms with Crippen LogP contribution in [0.5, 0.6) is 0 Å². The van der Waals surface area contributed by atoms with Gasteiger partial charge in [0.15, 0.2) is 0 Å². The maximum Gasteiger partial charge on any atom is 0.283 e. The van der Waals surface area contributed by atoms with Gasteiger partial charge in [-0.05, 0) is 67.2 Å². The second kappa shape index (κ2) is 10.3. The van der Waals surface area contributed by atoms with Crippen molar-refractivity contribution >= 4 is 0 Å².